The molecule has 64 valence electrons. The maximum absolute atomic E-state index is 10.5. The Morgan fingerprint density at radius 1 is 1.50 bits per heavy atom. The molecule has 4 N–H and O–H groups in total. The molecule has 0 fully saturated rings. The minimum absolute atomic E-state index is 0.0625. The van der Waals surface area contributed by atoms with E-state index in [4.69, 9.17) is 15.9 Å². The molecule has 0 saturated carbocycles. The fourth-order valence-electron chi connectivity index (χ4n) is 0.956. The van der Waals surface area contributed by atoms with E-state index in [0.29, 0.717) is 5.56 Å². The number of carboxylic acids is 1. The first kappa shape index (κ1) is 8.39. The van der Waals surface area contributed by atoms with E-state index in [1.54, 1.807) is 6.92 Å². The first-order valence-electron chi connectivity index (χ1n) is 3.34. The highest BCUT2D eigenvalue weighted by Crippen LogP contribution is 2.22. The van der Waals surface area contributed by atoms with E-state index in [1.807, 2.05) is 0 Å². The van der Waals surface area contributed by atoms with Crippen LogP contribution in [0.5, 0.6) is 5.75 Å². The number of carbonyl (C=O) groups is 1. The summed E-state index contributed by atoms with van der Waals surface area (Å²) in [5.74, 6) is -1.22. The Labute approximate surface area is 69.3 Å². The third-order valence-electron chi connectivity index (χ3n) is 1.60. The van der Waals surface area contributed by atoms with E-state index < -0.39 is 5.97 Å². The van der Waals surface area contributed by atoms with Gasteiger partial charge in [0.2, 0.25) is 0 Å². The van der Waals surface area contributed by atoms with Crippen molar-refractivity contribution in [1.29, 1.82) is 0 Å². The topological polar surface area (TPSA) is 83.5 Å². The first-order valence-corrected chi connectivity index (χ1v) is 3.34. The summed E-state index contributed by atoms with van der Waals surface area (Å²) < 4.78 is 0. The number of aromatic carboxylic acids is 1. The van der Waals surface area contributed by atoms with Crippen LogP contribution in [0.1, 0.15) is 15.9 Å². The van der Waals surface area contributed by atoms with Gasteiger partial charge in [-0.1, -0.05) is 0 Å². The Balaban J connectivity index is 3.37. The van der Waals surface area contributed by atoms with Crippen LogP contribution in [0.25, 0.3) is 0 Å². The molecular weight excluding hydrogens is 158 g/mol. The Hall–Kier alpha value is -1.71. The SMILES string of the molecule is Cc1cc(O)cc(C(=O)O)c1N. The van der Waals surface area contributed by atoms with E-state index in [1.165, 1.54) is 6.07 Å². The average molecular weight is 167 g/mol. The minimum atomic E-state index is -1.13. The van der Waals surface area contributed by atoms with Crippen LogP contribution in [0, 0.1) is 6.92 Å². The molecule has 12 heavy (non-hydrogen) atoms. The Morgan fingerprint density at radius 3 is 2.58 bits per heavy atom. The lowest BCUT2D eigenvalue weighted by molar-refractivity contribution is 0.0697. The largest absolute Gasteiger partial charge is 0.508 e. The van der Waals surface area contributed by atoms with Crippen molar-refractivity contribution in [3.63, 3.8) is 0 Å². The highest BCUT2D eigenvalue weighted by atomic mass is 16.4. The van der Waals surface area contributed by atoms with Gasteiger partial charge < -0.3 is 15.9 Å². The number of hydrogen-bond donors (Lipinski definition) is 3. The number of rotatable bonds is 1. The van der Waals surface area contributed by atoms with Crippen LogP contribution in [0.4, 0.5) is 5.69 Å². The highest BCUT2D eigenvalue weighted by molar-refractivity contribution is 5.94. The molecule has 4 heteroatoms. The van der Waals surface area contributed by atoms with Gasteiger partial charge in [0.1, 0.15) is 5.75 Å². The zero-order valence-electron chi connectivity index (χ0n) is 6.53. The molecule has 0 aliphatic heterocycles. The van der Waals surface area contributed by atoms with Crippen molar-refractivity contribution in [3.8, 4) is 5.75 Å². The Bertz CT molecular complexity index is 333. The minimum Gasteiger partial charge on any atom is -0.508 e. The molecule has 0 spiro atoms. The fourth-order valence-corrected chi connectivity index (χ4v) is 0.956. The lowest BCUT2D eigenvalue weighted by Gasteiger charge is -2.04. The molecular formula is C8H9NO3. The molecule has 0 atom stereocenters. The van der Waals surface area contributed by atoms with Crippen molar-refractivity contribution < 1.29 is 15.0 Å². The van der Waals surface area contributed by atoms with E-state index >= 15 is 0 Å². The Morgan fingerprint density at radius 2 is 2.08 bits per heavy atom. The van der Waals surface area contributed by atoms with Gasteiger partial charge in [0.05, 0.1) is 5.56 Å². The molecule has 0 amide bonds. The van der Waals surface area contributed by atoms with Gasteiger partial charge in [-0.25, -0.2) is 4.79 Å². The maximum atomic E-state index is 10.5. The molecule has 0 heterocycles. The second-order valence-electron chi connectivity index (χ2n) is 2.53. The Kier molecular flexibility index (Phi) is 1.91. The fraction of sp³-hybridized carbons (Fsp3) is 0.125. The van der Waals surface area contributed by atoms with Crippen molar-refractivity contribution in [1.82, 2.24) is 0 Å². The number of nitrogens with two attached hydrogens (primary N) is 1. The highest BCUT2D eigenvalue weighted by Gasteiger charge is 2.10. The van der Waals surface area contributed by atoms with Gasteiger partial charge in [-0.05, 0) is 24.6 Å². The molecule has 1 rings (SSSR count). The van der Waals surface area contributed by atoms with E-state index in [0.717, 1.165) is 6.07 Å². The van der Waals surface area contributed by atoms with Crippen molar-refractivity contribution in [2.24, 2.45) is 0 Å². The van der Waals surface area contributed by atoms with Crippen LogP contribution in [0.15, 0.2) is 12.1 Å². The van der Waals surface area contributed by atoms with Crippen LogP contribution in [0.3, 0.4) is 0 Å². The van der Waals surface area contributed by atoms with Crippen LogP contribution in [0.2, 0.25) is 0 Å². The zero-order valence-corrected chi connectivity index (χ0v) is 6.53. The van der Waals surface area contributed by atoms with Gasteiger partial charge in [0.15, 0.2) is 0 Å². The molecule has 0 aliphatic rings. The lowest BCUT2D eigenvalue weighted by Crippen LogP contribution is -2.03. The van der Waals surface area contributed by atoms with Gasteiger partial charge in [-0.3, -0.25) is 0 Å². The van der Waals surface area contributed by atoms with Crippen molar-refractivity contribution in [2.75, 3.05) is 5.73 Å². The molecule has 0 bridgehead atoms. The number of nitrogen functional groups attached to an aromatic ring is 1. The van der Waals surface area contributed by atoms with Crippen molar-refractivity contribution in [3.05, 3.63) is 23.3 Å². The molecule has 4 nitrogen and oxygen atoms in total. The van der Waals surface area contributed by atoms with Crippen LogP contribution in [-0.2, 0) is 0 Å². The van der Waals surface area contributed by atoms with E-state index in [2.05, 4.69) is 0 Å². The van der Waals surface area contributed by atoms with Crippen molar-refractivity contribution >= 4 is 11.7 Å². The monoisotopic (exact) mass is 167 g/mol. The normalized spacial score (nSPS) is 9.75. The molecule has 0 aliphatic carbocycles. The standard InChI is InChI=1S/C8H9NO3/c1-4-2-5(10)3-6(7(4)9)8(11)12/h2-3,10H,9H2,1H3,(H,11,12). The van der Waals surface area contributed by atoms with Gasteiger partial charge >= 0.3 is 5.97 Å². The molecule has 0 radical (unpaired) electrons. The number of anilines is 1. The number of phenolic OH excluding ortho intramolecular Hbond substituents is 1. The maximum Gasteiger partial charge on any atom is 0.337 e. The molecule has 0 unspecified atom stereocenters. The van der Waals surface area contributed by atoms with Gasteiger partial charge in [0.25, 0.3) is 0 Å². The van der Waals surface area contributed by atoms with Gasteiger partial charge in [-0.2, -0.15) is 0 Å². The molecule has 1 aromatic carbocycles. The van der Waals surface area contributed by atoms with E-state index in [-0.39, 0.29) is 17.0 Å². The summed E-state index contributed by atoms with van der Waals surface area (Å²) in [6.45, 7) is 1.64. The van der Waals surface area contributed by atoms with E-state index in [9.17, 15) is 4.79 Å². The predicted molar refractivity (Wildman–Crippen MR) is 44.2 cm³/mol. The summed E-state index contributed by atoms with van der Waals surface area (Å²) in [6.07, 6.45) is 0. The predicted octanol–water partition coefficient (Wildman–Crippen LogP) is 0.981. The summed E-state index contributed by atoms with van der Waals surface area (Å²) in [7, 11) is 0. The lowest BCUT2D eigenvalue weighted by atomic mass is 10.1. The third kappa shape index (κ3) is 1.32. The van der Waals surface area contributed by atoms with Crippen LogP contribution >= 0.6 is 0 Å². The molecule has 1 aromatic rings. The quantitative estimate of drug-likeness (QED) is 0.430. The van der Waals surface area contributed by atoms with Crippen LogP contribution < -0.4 is 5.73 Å². The number of aryl methyl sites for hydroxylation is 1. The average Bonchev–Trinajstić information content (AvgIpc) is 1.96. The van der Waals surface area contributed by atoms with Gasteiger partial charge in [-0.15, -0.1) is 0 Å². The third-order valence-corrected chi connectivity index (χ3v) is 1.60. The second-order valence-corrected chi connectivity index (χ2v) is 2.53. The zero-order chi connectivity index (χ0) is 9.30. The van der Waals surface area contributed by atoms with Gasteiger partial charge in [0, 0.05) is 5.69 Å². The summed E-state index contributed by atoms with van der Waals surface area (Å²) in [5, 5.41) is 17.7. The number of aromatic hydroxyl groups is 1. The summed E-state index contributed by atoms with van der Waals surface area (Å²) in [4.78, 5) is 10.5. The summed E-state index contributed by atoms with van der Waals surface area (Å²) in [5.41, 5.74) is 6.16. The van der Waals surface area contributed by atoms with Crippen LogP contribution in [-0.4, -0.2) is 16.2 Å². The molecule has 0 aromatic heterocycles. The number of benzene rings is 1. The molecule has 0 saturated heterocycles. The number of hydrogen-bond acceptors (Lipinski definition) is 3. The number of phenols is 1. The summed E-state index contributed by atoms with van der Waals surface area (Å²) in [6, 6.07) is 2.55. The number of carboxylic acid groups (broad SMARTS) is 1. The smallest absolute Gasteiger partial charge is 0.337 e. The second kappa shape index (κ2) is 2.73. The van der Waals surface area contributed by atoms with Crippen molar-refractivity contribution in [2.45, 2.75) is 6.92 Å². The first-order chi connectivity index (χ1) is 5.52. The summed E-state index contributed by atoms with van der Waals surface area (Å²) >= 11 is 0.